The highest BCUT2D eigenvalue weighted by molar-refractivity contribution is 9.10. The lowest BCUT2D eigenvalue weighted by molar-refractivity contribution is 0.478. The van der Waals surface area contributed by atoms with Gasteiger partial charge in [0.1, 0.15) is 0 Å². The first-order valence-corrected chi connectivity index (χ1v) is 7.81. The highest BCUT2D eigenvalue weighted by Crippen LogP contribution is 2.29. The first-order valence-electron chi connectivity index (χ1n) is 5.17. The molecule has 3 nitrogen and oxygen atoms in total. The van der Waals surface area contributed by atoms with Gasteiger partial charge in [0.25, 0.3) is 0 Å². The highest BCUT2D eigenvalue weighted by atomic mass is 79.9. The fraction of sp³-hybridized carbons (Fsp3) is 0.455. The molecule has 1 saturated heterocycles. The number of hydrogen-bond donors (Lipinski definition) is 0. The smallest absolute Gasteiger partial charge is 0.211 e. The molecule has 1 aliphatic rings. The van der Waals surface area contributed by atoms with Gasteiger partial charge in [-0.15, -0.1) is 0 Å². The molecule has 88 valence electrons. The zero-order valence-electron chi connectivity index (χ0n) is 9.06. The number of nitrogens with zero attached hydrogens (tertiary/aromatic N) is 1. The molecule has 0 bridgehead atoms. The Morgan fingerprint density at radius 3 is 2.44 bits per heavy atom. The van der Waals surface area contributed by atoms with Crippen LogP contribution in [0.4, 0.5) is 0 Å². The van der Waals surface area contributed by atoms with Gasteiger partial charge in [0.15, 0.2) is 0 Å². The lowest BCUT2D eigenvalue weighted by atomic mass is 9.99. The van der Waals surface area contributed by atoms with Crippen LogP contribution in [-0.2, 0) is 10.0 Å². The molecular weight excluding hydrogens is 290 g/mol. The molecular formula is C11H14BrNO2S. The molecule has 1 atom stereocenters. The fourth-order valence-electron chi connectivity index (χ4n) is 2.04. The van der Waals surface area contributed by atoms with Crippen LogP contribution in [-0.4, -0.2) is 32.1 Å². The molecule has 0 amide bonds. The quantitative estimate of drug-likeness (QED) is 0.840. The van der Waals surface area contributed by atoms with Gasteiger partial charge in [-0.05, 0) is 30.0 Å². The molecule has 0 spiro atoms. The van der Waals surface area contributed by atoms with Crippen molar-refractivity contribution in [3.63, 3.8) is 0 Å². The molecule has 5 heteroatoms. The average Bonchev–Trinajstić information content (AvgIpc) is 2.67. The monoisotopic (exact) mass is 303 g/mol. The van der Waals surface area contributed by atoms with Gasteiger partial charge in [-0.3, -0.25) is 0 Å². The first-order chi connectivity index (χ1) is 7.47. The molecule has 1 heterocycles. The number of hydrogen-bond acceptors (Lipinski definition) is 2. The maximum absolute atomic E-state index is 11.4. The van der Waals surface area contributed by atoms with E-state index in [1.807, 2.05) is 12.1 Å². The van der Waals surface area contributed by atoms with Gasteiger partial charge in [0.05, 0.1) is 6.26 Å². The summed E-state index contributed by atoms with van der Waals surface area (Å²) in [6.45, 7) is 1.25. The maximum atomic E-state index is 11.4. The van der Waals surface area contributed by atoms with E-state index in [0.29, 0.717) is 19.0 Å². The molecule has 1 aromatic rings. The lowest BCUT2D eigenvalue weighted by Gasteiger charge is -2.13. The van der Waals surface area contributed by atoms with E-state index in [9.17, 15) is 8.42 Å². The second-order valence-corrected chi connectivity index (χ2v) is 7.06. The number of halogens is 1. The normalized spacial score (nSPS) is 22.5. The van der Waals surface area contributed by atoms with Crippen molar-refractivity contribution in [2.24, 2.45) is 0 Å². The van der Waals surface area contributed by atoms with Gasteiger partial charge in [-0.2, -0.15) is 0 Å². The largest absolute Gasteiger partial charge is 0.213 e. The van der Waals surface area contributed by atoms with Crippen LogP contribution in [0.2, 0.25) is 0 Å². The number of rotatable bonds is 2. The third kappa shape index (κ3) is 2.64. The topological polar surface area (TPSA) is 37.4 Å². The van der Waals surface area contributed by atoms with Crippen LogP contribution < -0.4 is 0 Å². The summed E-state index contributed by atoms with van der Waals surface area (Å²) in [6, 6.07) is 8.11. The third-order valence-electron chi connectivity index (χ3n) is 2.96. The minimum atomic E-state index is -3.03. The van der Waals surface area contributed by atoms with Crippen molar-refractivity contribution in [2.45, 2.75) is 12.3 Å². The van der Waals surface area contributed by atoms with Crippen molar-refractivity contribution < 1.29 is 8.42 Å². The minimum Gasteiger partial charge on any atom is -0.213 e. The first kappa shape index (κ1) is 12.1. The minimum absolute atomic E-state index is 0.336. The van der Waals surface area contributed by atoms with Crippen molar-refractivity contribution >= 4 is 26.0 Å². The predicted octanol–water partition coefficient (Wildman–Crippen LogP) is 2.20. The SMILES string of the molecule is CS(=O)(=O)N1CC[C@H](c2ccc(Br)cc2)C1. The van der Waals surface area contributed by atoms with Crippen LogP contribution in [0.25, 0.3) is 0 Å². The van der Waals surface area contributed by atoms with E-state index in [1.165, 1.54) is 11.8 Å². The summed E-state index contributed by atoms with van der Waals surface area (Å²) in [7, 11) is -3.03. The molecule has 16 heavy (non-hydrogen) atoms. The van der Waals surface area contributed by atoms with Gasteiger partial charge < -0.3 is 0 Å². The van der Waals surface area contributed by atoms with Crippen LogP contribution in [0, 0.1) is 0 Å². The van der Waals surface area contributed by atoms with Crippen LogP contribution in [0.1, 0.15) is 17.9 Å². The standard InChI is InChI=1S/C11H14BrNO2S/c1-16(14,15)13-7-6-10(8-13)9-2-4-11(12)5-3-9/h2-5,10H,6-8H2,1H3/t10-/m0/s1. The molecule has 0 unspecified atom stereocenters. The zero-order valence-corrected chi connectivity index (χ0v) is 11.5. The Morgan fingerprint density at radius 1 is 1.31 bits per heavy atom. The van der Waals surface area contributed by atoms with E-state index in [4.69, 9.17) is 0 Å². The maximum Gasteiger partial charge on any atom is 0.211 e. The highest BCUT2D eigenvalue weighted by Gasteiger charge is 2.29. The van der Waals surface area contributed by atoms with Gasteiger partial charge in [0, 0.05) is 17.6 Å². The van der Waals surface area contributed by atoms with E-state index in [0.717, 1.165) is 10.9 Å². The second kappa shape index (κ2) is 4.47. The predicted molar refractivity (Wildman–Crippen MR) is 67.9 cm³/mol. The summed E-state index contributed by atoms with van der Waals surface area (Å²) in [5, 5.41) is 0. The van der Waals surface area contributed by atoms with E-state index in [-0.39, 0.29) is 0 Å². The van der Waals surface area contributed by atoms with Crippen molar-refractivity contribution in [1.29, 1.82) is 0 Å². The molecule has 0 radical (unpaired) electrons. The Bertz CT molecular complexity index is 469. The number of sulfonamides is 1. The Hall–Kier alpha value is -0.390. The van der Waals surface area contributed by atoms with Crippen LogP contribution in [0.5, 0.6) is 0 Å². The van der Waals surface area contributed by atoms with Gasteiger partial charge >= 0.3 is 0 Å². The Balaban J connectivity index is 2.12. The summed E-state index contributed by atoms with van der Waals surface area (Å²) in [4.78, 5) is 0. The van der Waals surface area contributed by atoms with Crippen LogP contribution in [0.15, 0.2) is 28.7 Å². The molecule has 1 fully saturated rings. The molecule has 1 aromatic carbocycles. The molecule has 1 aliphatic heterocycles. The van der Waals surface area contributed by atoms with E-state index < -0.39 is 10.0 Å². The van der Waals surface area contributed by atoms with Crippen molar-refractivity contribution in [3.8, 4) is 0 Å². The van der Waals surface area contributed by atoms with Crippen LogP contribution >= 0.6 is 15.9 Å². The van der Waals surface area contributed by atoms with E-state index in [1.54, 1.807) is 4.31 Å². The summed E-state index contributed by atoms with van der Waals surface area (Å²) in [5.74, 6) is 0.336. The molecule has 2 rings (SSSR count). The molecule has 0 N–H and O–H groups in total. The second-order valence-electron chi connectivity index (χ2n) is 4.16. The molecule has 0 aromatic heterocycles. The third-order valence-corrected chi connectivity index (χ3v) is 4.76. The lowest BCUT2D eigenvalue weighted by Crippen LogP contribution is -2.27. The van der Waals surface area contributed by atoms with Gasteiger partial charge in [0.2, 0.25) is 10.0 Å². The molecule has 0 aliphatic carbocycles. The van der Waals surface area contributed by atoms with E-state index in [2.05, 4.69) is 28.1 Å². The van der Waals surface area contributed by atoms with Gasteiger partial charge in [-0.25, -0.2) is 12.7 Å². The number of benzene rings is 1. The summed E-state index contributed by atoms with van der Waals surface area (Å²) in [5.41, 5.74) is 1.22. The van der Waals surface area contributed by atoms with Crippen molar-refractivity contribution in [2.75, 3.05) is 19.3 Å². The van der Waals surface area contributed by atoms with Crippen molar-refractivity contribution in [1.82, 2.24) is 4.31 Å². The fourth-order valence-corrected chi connectivity index (χ4v) is 3.19. The van der Waals surface area contributed by atoms with Crippen molar-refractivity contribution in [3.05, 3.63) is 34.3 Å². The molecule has 0 saturated carbocycles. The zero-order chi connectivity index (χ0) is 11.8. The van der Waals surface area contributed by atoms with Gasteiger partial charge in [-0.1, -0.05) is 28.1 Å². The summed E-state index contributed by atoms with van der Waals surface area (Å²) >= 11 is 3.39. The Morgan fingerprint density at radius 2 is 1.94 bits per heavy atom. The Kier molecular flexibility index (Phi) is 3.37. The summed E-state index contributed by atoms with van der Waals surface area (Å²) in [6.07, 6.45) is 2.19. The Labute approximate surface area is 105 Å². The van der Waals surface area contributed by atoms with Crippen LogP contribution in [0.3, 0.4) is 0 Å². The average molecular weight is 304 g/mol. The van der Waals surface area contributed by atoms with E-state index >= 15 is 0 Å². The summed E-state index contributed by atoms with van der Waals surface area (Å²) < 4.78 is 25.4.